The minimum Gasteiger partial charge on any atom is -0.507 e. The maximum atomic E-state index is 10.8. The number of halogens is 3. The molecule has 0 unspecified atom stereocenters. The van der Waals surface area contributed by atoms with Crippen LogP contribution in [0.1, 0.15) is 15.9 Å². The van der Waals surface area contributed by atoms with E-state index in [1.807, 2.05) is 0 Å². The Bertz CT molecular complexity index is 678. The first-order valence-corrected chi connectivity index (χ1v) is 8.94. The van der Waals surface area contributed by atoms with Gasteiger partial charge in [-0.1, -0.05) is 0 Å². The van der Waals surface area contributed by atoms with E-state index in [1.165, 1.54) is 18.2 Å². The summed E-state index contributed by atoms with van der Waals surface area (Å²) in [4.78, 5) is 10.8. The molecule has 0 saturated carbocycles. The maximum absolute atomic E-state index is 10.8. The van der Waals surface area contributed by atoms with Crippen molar-refractivity contribution in [3.8, 4) is 11.5 Å². The van der Waals surface area contributed by atoms with Crippen LogP contribution in [0.4, 0.5) is 0 Å². The average molecular weight is 622 g/mol. The Kier molecular flexibility index (Phi) is 5.94. The smallest absolute Gasteiger partial charge is 0.339 e. The highest BCUT2D eigenvalue weighted by Crippen LogP contribution is 2.27. The largest absolute Gasteiger partial charge is 0.507 e. The first-order valence-electron chi connectivity index (χ1n) is 5.71. The first kappa shape index (κ1) is 17.1. The number of ether oxygens (including phenoxy) is 1. The van der Waals surface area contributed by atoms with Crippen molar-refractivity contribution in [2.45, 2.75) is 6.61 Å². The molecular formula is C14H9I3O4. The second-order valence-corrected chi connectivity index (χ2v) is 7.69. The zero-order chi connectivity index (χ0) is 15.6. The molecule has 0 spiro atoms. The third-order valence-corrected chi connectivity index (χ3v) is 5.24. The molecule has 0 amide bonds. The SMILES string of the molecule is O=C(O)c1ccc(OCc2c(I)cc(I)cc2I)cc1O. The number of carboxylic acids is 1. The first-order chi connectivity index (χ1) is 9.88. The molecule has 0 aromatic heterocycles. The predicted molar refractivity (Wildman–Crippen MR) is 104 cm³/mol. The quantitative estimate of drug-likeness (QED) is 0.495. The molecule has 7 heteroatoms. The summed E-state index contributed by atoms with van der Waals surface area (Å²) in [7, 11) is 0. The number of hydrogen-bond donors (Lipinski definition) is 2. The van der Waals surface area contributed by atoms with Crippen molar-refractivity contribution in [3.63, 3.8) is 0 Å². The summed E-state index contributed by atoms with van der Waals surface area (Å²) in [5, 5.41) is 18.5. The van der Waals surface area contributed by atoms with E-state index < -0.39 is 5.97 Å². The molecular weight excluding hydrogens is 613 g/mol. The van der Waals surface area contributed by atoms with Crippen molar-refractivity contribution in [2.24, 2.45) is 0 Å². The molecule has 0 saturated heterocycles. The molecule has 0 aliphatic heterocycles. The lowest BCUT2D eigenvalue weighted by Crippen LogP contribution is -2.02. The summed E-state index contributed by atoms with van der Waals surface area (Å²) in [5.74, 6) is -1.03. The molecule has 0 radical (unpaired) electrons. The Morgan fingerprint density at radius 3 is 2.24 bits per heavy atom. The van der Waals surface area contributed by atoms with Gasteiger partial charge in [-0.25, -0.2) is 4.79 Å². The third-order valence-electron chi connectivity index (χ3n) is 2.69. The summed E-state index contributed by atoms with van der Waals surface area (Å²) >= 11 is 6.78. The van der Waals surface area contributed by atoms with Gasteiger partial charge in [-0.3, -0.25) is 0 Å². The van der Waals surface area contributed by atoms with Gasteiger partial charge in [-0.05, 0) is 92.0 Å². The van der Waals surface area contributed by atoms with Crippen molar-refractivity contribution in [1.29, 1.82) is 0 Å². The Morgan fingerprint density at radius 2 is 1.71 bits per heavy atom. The van der Waals surface area contributed by atoms with Gasteiger partial charge in [0.05, 0.1) is 0 Å². The topological polar surface area (TPSA) is 66.8 Å². The van der Waals surface area contributed by atoms with Crippen LogP contribution in [0, 0.1) is 10.7 Å². The predicted octanol–water partition coefficient (Wildman–Crippen LogP) is 4.48. The number of rotatable bonds is 4. The molecule has 21 heavy (non-hydrogen) atoms. The summed E-state index contributed by atoms with van der Waals surface area (Å²) < 4.78 is 9.02. The van der Waals surface area contributed by atoms with E-state index in [0.29, 0.717) is 12.4 Å². The third kappa shape index (κ3) is 4.34. The Hall–Kier alpha value is -0.300. The lowest BCUT2D eigenvalue weighted by Gasteiger charge is -2.11. The van der Waals surface area contributed by atoms with Crippen molar-refractivity contribution < 1.29 is 19.7 Å². The Balaban J connectivity index is 2.17. The van der Waals surface area contributed by atoms with Crippen LogP contribution in [-0.4, -0.2) is 16.2 Å². The lowest BCUT2D eigenvalue weighted by molar-refractivity contribution is 0.0693. The van der Waals surface area contributed by atoms with Gasteiger partial charge in [0, 0.05) is 22.3 Å². The Labute approximate surface area is 162 Å². The highest BCUT2D eigenvalue weighted by Gasteiger charge is 2.11. The summed E-state index contributed by atoms with van der Waals surface area (Å²) in [6.45, 7) is 0.360. The molecule has 0 aliphatic carbocycles. The molecule has 2 aromatic rings. The van der Waals surface area contributed by atoms with Crippen LogP contribution in [-0.2, 0) is 6.61 Å². The van der Waals surface area contributed by atoms with Gasteiger partial charge in [0.25, 0.3) is 0 Å². The molecule has 2 rings (SSSR count). The van der Waals surface area contributed by atoms with Crippen LogP contribution >= 0.6 is 67.8 Å². The van der Waals surface area contributed by atoms with E-state index >= 15 is 0 Å². The van der Waals surface area contributed by atoms with Gasteiger partial charge in [0.1, 0.15) is 23.7 Å². The van der Waals surface area contributed by atoms with Gasteiger partial charge in [0.2, 0.25) is 0 Å². The molecule has 110 valence electrons. The Morgan fingerprint density at radius 1 is 1.10 bits per heavy atom. The second kappa shape index (κ2) is 7.31. The van der Waals surface area contributed by atoms with Crippen molar-refractivity contribution in [1.82, 2.24) is 0 Å². The fourth-order valence-corrected chi connectivity index (χ4v) is 5.54. The number of phenols is 1. The van der Waals surface area contributed by atoms with Gasteiger partial charge < -0.3 is 14.9 Å². The van der Waals surface area contributed by atoms with E-state index in [-0.39, 0.29) is 11.3 Å². The molecule has 0 aliphatic rings. The lowest BCUT2D eigenvalue weighted by atomic mass is 10.2. The van der Waals surface area contributed by atoms with E-state index in [4.69, 9.17) is 9.84 Å². The summed E-state index contributed by atoms with van der Waals surface area (Å²) in [6, 6.07) is 8.31. The minimum absolute atomic E-state index is 0.138. The van der Waals surface area contributed by atoms with Crippen molar-refractivity contribution in [2.75, 3.05) is 0 Å². The van der Waals surface area contributed by atoms with Crippen LogP contribution in [0.15, 0.2) is 30.3 Å². The summed E-state index contributed by atoms with van der Waals surface area (Å²) in [5.41, 5.74) is 0.930. The fraction of sp³-hybridized carbons (Fsp3) is 0.0714. The number of benzene rings is 2. The number of aromatic carboxylic acids is 1. The van der Waals surface area contributed by atoms with Crippen LogP contribution in [0.5, 0.6) is 11.5 Å². The van der Waals surface area contributed by atoms with Gasteiger partial charge in [0.15, 0.2) is 0 Å². The van der Waals surface area contributed by atoms with Crippen molar-refractivity contribution >= 4 is 73.7 Å². The normalized spacial score (nSPS) is 10.4. The molecule has 4 nitrogen and oxygen atoms in total. The monoisotopic (exact) mass is 622 g/mol. The van der Waals surface area contributed by atoms with Crippen LogP contribution in [0.3, 0.4) is 0 Å². The minimum atomic E-state index is -1.17. The molecule has 2 N–H and O–H groups in total. The van der Waals surface area contributed by atoms with Gasteiger partial charge in [-0.2, -0.15) is 0 Å². The van der Waals surface area contributed by atoms with E-state index in [2.05, 4.69) is 79.9 Å². The summed E-state index contributed by atoms with van der Waals surface area (Å²) in [6.07, 6.45) is 0. The van der Waals surface area contributed by atoms with Crippen LogP contribution in [0.2, 0.25) is 0 Å². The molecule has 0 heterocycles. The highest BCUT2D eigenvalue weighted by molar-refractivity contribution is 14.1. The fourth-order valence-electron chi connectivity index (χ4n) is 1.65. The second-order valence-electron chi connectivity index (χ2n) is 4.12. The van der Waals surface area contributed by atoms with E-state index in [0.717, 1.165) is 16.3 Å². The standard InChI is InChI=1S/C14H9I3O4/c15-7-3-11(16)10(12(17)4-7)6-21-8-1-2-9(14(19)20)13(18)5-8/h1-5,18H,6H2,(H,19,20). The molecule has 0 bridgehead atoms. The van der Waals surface area contributed by atoms with Crippen molar-refractivity contribution in [3.05, 3.63) is 52.2 Å². The van der Waals surface area contributed by atoms with Crippen LogP contribution in [0.25, 0.3) is 0 Å². The number of aromatic hydroxyl groups is 1. The maximum Gasteiger partial charge on any atom is 0.339 e. The number of hydrogen-bond acceptors (Lipinski definition) is 3. The van der Waals surface area contributed by atoms with Gasteiger partial charge in [-0.15, -0.1) is 0 Å². The number of carboxylic acid groups (broad SMARTS) is 1. The number of carbonyl (C=O) groups is 1. The molecule has 0 fully saturated rings. The zero-order valence-electron chi connectivity index (χ0n) is 10.4. The van der Waals surface area contributed by atoms with Gasteiger partial charge >= 0.3 is 5.97 Å². The molecule has 0 atom stereocenters. The average Bonchev–Trinajstić information content (AvgIpc) is 2.36. The van der Waals surface area contributed by atoms with E-state index in [9.17, 15) is 9.90 Å². The zero-order valence-corrected chi connectivity index (χ0v) is 16.9. The molecule has 2 aromatic carbocycles. The highest BCUT2D eigenvalue weighted by atomic mass is 127. The van der Waals surface area contributed by atoms with E-state index in [1.54, 1.807) is 0 Å². The van der Waals surface area contributed by atoms with Crippen LogP contribution < -0.4 is 4.74 Å².